The van der Waals surface area contributed by atoms with E-state index in [-0.39, 0.29) is 33.6 Å². The maximum atomic E-state index is 11.9. The molecule has 0 heterocycles. The molecular weight excluding hydrogens is 400 g/mol. The highest BCUT2D eigenvalue weighted by atomic mass is 16.3. The Balaban J connectivity index is 3.47. The van der Waals surface area contributed by atoms with E-state index in [1.807, 2.05) is 0 Å². The highest BCUT2D eigenvalue weighted by Gasteiger charge is 2.41. The number of hydrogen-bond donors (Lipinski definition) is 4. The van der Waals surface area contributed by atoms with E-state index in [0.29, 0.717) is 5.56 Å². The van der Waals surface area contributed by atoms with Crippen LogP contribution in [0.15, 0.2) is 12.1 Å². The van der Waals surface area contributed by atoms with Gasteiger partial charge >= 0.3 is 0 Å². The Morgan fingerprint density at radius 3 is 1.12 bits per heavy atom. The van der Waals surface area contributed by atoms with Crippen molar-refractivity contribution in [3.63, 3.8) is 0 Å². The van der Waals surface area contributed by atoms with E-state index in [1.165, 1.54) is 12.1 Å². The molecular formula is C28H42O4. The number of phenolic OH excluding ortho intramolecular Hbond substituents is 4. The maximum absolute atomic E-state index is 11.9. The molecule has 0 atom stereocenters. The van der Waals surface area contributed by atoms with Gasteiger partial charge in [-0.05, 0) is 50.5 Å². The van der Waals surface area contributed by atoms with E-state index >= 15 is 0 Å². The second-order valence-electron chi connectivity index (χ2n) is 13.1. The summed E-state index contributed by atoms with van der Waals surface area (Å²) in [6.07, 6.45) is 0. The third kappa shape index (κ3) is 4.42. The first-order valence-corrected chi connectivity index (χ1v) is 11.3. The van der Waals surface area contributed by atoms with Gasteiger partial charge in [0, 0.05) is 11.1 Å². The first kappa shape index (κ1) is 25.9. The zero-order valence-electron chi connectivity index (χ0n) is 21.9. The van der Waals surface area contributed by atoms with Crippen LogP contribution in [0, 0.1) is 0 Å². The fourth-order valence-electron chi connectivity index (χ4n) is 4.78. The Morgan fingerprint density at radius 2 is 0.750 bits per heavy atom. The van der Waals surface area contributed by atoms with Gasteiger partial charge < -0.3 is 20.4 Å². The highest BCUT2D eigenvalue weighted by molar-refractivity contribution is 5.88. The van der Waals surface area contributed by atoms with Crippen LogP contribution in [0.25, 0.3) is 11.1 Å². The van der Waals surface area contributed by atoms with Crippen LogP contribution < -0.4 is 0 Å². The van der Waals surface area contributed by atoms with E-state index in [0.717, 1.165) is 22.3 Å². The van der Waals surface area contributed by atoms with Crippen LogP contribution >= 0.6 is 0 Å². The van der Waals surface area contributed by atoms with E-state index in [2.05, 4.69) is 83.1 Å². The van der Waals surface area contributed by atoms with Crippen molar-refractivity contribution < 1.29 is 20.4 Å². The monoisotopic (exact) mass is 442 g/mol. The Labute approximate surface area is 194 Å². The lowest BCUT2D eigenvalue weighted by Crippen LogP contribution is -2.33. The molecule has 2 aromatic rings. The van der Waals surface area contributed by atoms with Crippen molar-refractivity contribution in [2.75, 3.05) is 0 Å². The summed E-state index contributed by atoms with van der Waals surface area (Å²) < 4.78 is 0. The molecule has 0 aromatic heterocycles. The van der Waals surface area contributed by atoms with Gasteiger partial charge in [-0.3, -0.25) is 0 Å². The van der Waals surface area contributed by atoms with E-state index in [1.54, 1.807) is 0 Å². The fourth-order valence-corrected chi connectivity index (χ4v) is 4.78. The number of phenols is 4. The molecule has 0 bridgehead atoms. The Bertz CT molecular complexity index is 1030. The Hall–Kier alpha value is -2.36. The van der Waals surface area contributed by atoms with Crippen molar-refractivity contribution in [1.29, 1.82) is 0 Å². The van der Waals surface area contributed by atoms with Gasteiger partial charge in [0.25, 0.3) is 0 Å². The first-order chi connectivity index (χ1) is 14.1. The van der Waals surface area contributed by atoms with Crippen molar-refractivity contribution in [2.24, 2.45) is 0 Å². The third-order valence-electron chi connectivity index (χ3n) is 5.86. The largest absolute Gasteiger partial charge is 0.507 e. The second-order valence-corrected chi connectivity index (χ2v) is 13.1. The van der Waals surface area contributed by atoms with E-state index in [9.17, 15) is 20.4 Å². The van der Waals surface area contributed by atoms with Gasteiger partial charge in [-0.25, -0.2) is 0 Å². The Kier molecular flexibility index (Phi) is 6.15. The smallest absolute Gasteiger partial charge is 0.169 e. The lowest BCUT2D eigenvalue weighted by molar-refractivity contribution is 0.396. The average molecular weight is 443 g/mol. The summed E-state index contributed by atoms with van der Waals surface area (Å²) in [5, 5.41) is 43.8. The second kappa shape index (κ2) is 7.60. The fraction of sp³-hybridized carbons (Fsp3) is 0.571. The molecule has 0 aliphatic heterocycles. The molecule has 0 spiro atoms. The van der Waals surface area contributed by atoms with Crippen molar-refractivity contribution in [1.82, 2.24) is 0 Å². The van der Waals surface area contributed by atoms with Crippen LogP contribution in [0.3, 0.4) is 0 Å². The molecule has 4 heteroatoms. The molecule has 32 heavy (non-hydrogen) atoms. The molecule has 0 saturated carbocycles. The van der Waals surface area contributed by atoms with Crippen LogP contribution in [0.1, 0.15) is 105 Å². The van der Waals surface area contributed by atoms with Gasteiger partial charge in [0.05, 0.1) is 5.56 Å². The number of hydrogen-bond acceptors (Lipinski definition) is 4. The molecule has 4 N–H and O–H groups in total. The van der Waals surface area contributed by atoms with Crippen LogP contribution in [0.5, 0.6) is 23.0 Å². The standard InChI is InChI=1S/C28H42O4/c1-25(2,3)19-18(17-15(29)13-14-16(30)23(17)31)24(32)22(28(10,11)12)21(27(7,8)9)20(19)26(4,5)6/h13-14,29-32H,1-12H3. The minimum absolute atomic E-state index is 0.0385. The zero-order valence-corrected chi connectivity index (χ0v) is 21.9. The molecule has 4 nitrogen and oxygen atoms in total. The number of aromatic hydroxyl groups is 4. The first-order valence-electron chi connectivity index (χ1n) is 11.3. The lowest BCUT2D eigenvalue weighted by Gasteiger charge is -2.42. The number of rotatable bonds is 1. The molecule has 0 aliphatic rings. The van der Waals surface area contributed by atoms with E-state index < -0.39 is 16.6 Å². The third-order valence-corrected chi connectivity index (χ3v) is 5.86. The van der Waals surface area contributed by atoms with Gasteiger partial charge in [0.15, 0.2) is 11.5 Å². The summed E-state index contributed by atoms with van der Waals surface area (Å²) in [6.45, 7) is 25.3. The van der Waals surface area contributed by atoms with Crippen LogP contribution in [0.4, 0.5) is 0 Å². The summed E-state index contributed by atoms with van der Waals surface area (Å²) in [4.78, 5) is 0. The molecule has 0 saturated heterocycles. The molecule has 0 aliphatic carbocycles. The van der Waals surface area contributed by atoms with Crippen LogP contribution in [-0.4, -0.2) is 20.4 Å². The summed E-state index contributed by atoms with van der Waals surface area (Å²) in [5.41, 5.74) is 2.85. The lowest BCUT2D eigenvalue weighted by atomic mass is 9.62. The molecule has 2 rings (SSSR count). The topological polar surface area (TPSA) is 80.9 Å². The molecule has 178 valence electrons. The van der Waals surface area contributed by atoms with Crippen LogP contribution in [0.2, 0.25) is 0 Å². The predicted molar refractivity (Wildman–Crippen MR) is 133 cm³/mol. The van der Waals surface area contributed by atoms with Gasteiger partial charge in [-0.2, -0.15) is 0 Å². The van der Waals surface area contributed by atoms with Crippen molar-refractivity contribution in [2.45, 2.75) is 105 Å². The van der Waals surface area contributed by atoms with Gasteiger partial charge in [0.2, 0.25) is 0 Å². The maximum Gasteiger partial charge on any atom is 0.169 e. The van der Waals surface area contributed by atoms with E-state index in [4.69, 9.17) is 0 Å². The zero-order chi connectivity index (χ0) is 25.2. The van der Waals surface area contributed by atoms with Gasteiger partial charge in [-0.15, -0.1) is 0 Å². The summed E-state index contributed by atoms with van der Waals surface area (Å²) in [7, 11) is 0. The van der Waals surface area contributed by atoms with Crippen molar-refractivity contribution in [3.8, 4) is 34.1 Å². The minimum atomic E-state index is -0.436. The normalized spacial score (nSPS) is 13.5. The molecule has 0 fully saturated rings. The molecule has 0 radical (unpaired) electrons. The van der Waals surface area contributed by atoms with Gasteiger partial charge in [-0.1, -0.05) is 83.1 Å². The number of benzene rings is 2. The van der Waals surface area contributed by atoms with Crippen molar-refractivity contribution in [3.05, 3.63) is 34.4 Å². The van der Waals surface area contributed by atoms with Crippen LogP contribution in [-0.2, 0) is 21.7 Å². The summed E-state index contributed by atoms with van der Waals surface area (Å²) >= 11 is 0. The summed E-state index contributed by atoms with van der Waals surface area (Å²) in [5.74, 6) is -0.929. The molecule has 0 unspecified atom stereocenters. The SMILES string of the molecule is CC(C)(C)c1c(O)c(-c2c(O)ccc(O)c2O)c(C(C)(C)C)c(C(C)(C)C)c1C(C)(C)C. The Morgan fingerprint density at radius 1 is 0.406 bits per heavy atom. The molecule has 2 aromatic carbocycles. The quantitative estimate of drug-likeness (QED) is 0.275. The minimum Gasteiger partial charge on any atom is -0.507 e. The molecule has 0 amide bonds. The highest BCUT2D eigenvalue weighted by Crippen LogP contribution is 2.57. The predicted octanol–water partition coefficient (Wildman–Crippen LogP) is 7.37. The van der Waals surface area contributed by atoms with Gasteiger partial charge in [0.1, 0.15) is 11.5 Å². The summed E-state index contributed by atoms with van der Waals surface area (Å²) in [6, 6.07) is 2.60. The van der Waals surface area contributed by atoms with Crippen molar-refractivity contribution >= 4 is 0 Å². The average Bonchev–Trinajstić information content (AvgIpc) is 2.54.